The molecule has 19 heavy (non-hydrogen) atoms. The number of piperidine rings is 1. The van der Waals surface area contributed by atoms with Crippen LogP contribution in [0.25, 0.3) is 10.9 Å². The van der Waals surface area contributed by atoms with Crippen LogP contribution in [0, 0.1) is 0 Å². The standard InChI is InChI=1S/C15H18N2O2/c1-19-12-6-8-17(9-7-12)15(18)14-10-11-4-2-3-5-13(11)16-14/h2-5,10,12,16H,6-9H2,1H3. The number of hydrogen-bond acceptors (Lipinski definition) is 2. The Morgan fingerprint density at radius 1 is 1.32 bits per heavy atom. The molecule has 1 saturated heterocycles. The van der Waals surface area contributed by atoms with E-state index < -0.39 is 0 Å². The molecule has 100 valence electrons. The Kier molecular flexibility index (Phi) is 3.25. The van der Waals surface area contributed by atoms with Gasteiger partial charge in [0.05, 0.1) is 6.10 Å². The highest BCUT2D eigenvalue weighted by molar-refractivity contribution is 5.98. The summed E-state index contributed by atoms with van der Waals surface area (Å²) in [5.74, 6) is 0.0887. The second-order valence-corrected chi connectivity index (χ2v) is 5.00. The predicted molar refractivity (Wildman–Crippen MR) is 74.2 cm³/mol. The van der Waals surface area contributed by atoms with Gasteiger partial charge in [-0.25, -0.2) is 0 Å². The van der Waals surface area contributed by atoms with E-state index >= 15 is 0 Å². The van der Waals surface area contributed by atoms with Crippen LogP contribution in [0.4, 0.5) is 0 Å². The lowest BCUT2D eigenvalue weighted by molar-refractivity contribution is 0.0348. The summed E-state index contributed by atoms with van der Waals surface area (Å²) < 4.78 is 5.33. The van der Waals surface area contributed by atoms with Gasteiger partial charge in [0.25, 0.3) is 5.91 Å². The summed E-state index contributed by atoms with van der Waals surface area (Å²) in [6, 6.07) is 9.88. The first kappa shape index (κ1) is 12.2. The molecule has 0 bridgehead atoms. The molecule has 3 rings (SSSR count). The van der Waals surface area contributed by atoms with E-state index in [0.29, 0.717) is 11.8 Å². The molecule has 1 aromatic carbocycles. The van der Waals surface area contributed by atoms with E-state index in [9.17, 15) is 4.79 Å². The number of fused-ring (bicyclic) bond motifs is 1. The third-order valence-electron chi connectivity index (χ3n) is 3.82. The molecule has 4 heteroatoms. The van der Waals surface area contributed by atoms with Crippen LogP contribution in [0.15, 0.2) is 30.3 Å². The first-order valence-electron chi connectivity index (χ1n) is 6.68. The highest BCUT2D eigenvalue weighted by atomic mass is 16.5. The van der Waals surface area contributed by atoms with Gasteiger partial charge in [0.15, 0.2) is 0 Å². The maximum Gasteiger partial charge on any atom is 0.270 e. The molecule has 0 radical (unpaired) electrons. The second-order valence-electron chi connectivity index (χ2n) is 5.00. The van der Waals surface area contributed by atoms with E-state index in [1.807, 2.05) is 35.2 Å². The number of methoxy groups -OCH3 is 1. The van der Waals surface area contributed by atoms with Gasteiger partial charge in [-0.15, -0.1) is 0 Å². The molecule has 4 nitrogen and oxygen atoms in total. The third-order valence-corrected chi connectivity index (χ3v) is 3.82. The average molecular weight is 258 g/mol. The number of ether oxygens (including phenoxy) is 1. The molecule has 0 saturated carbocycles. The lowest BCUT2D eigenvalue weighted by Gasteiger charge is -2.30. The number of amides is 1. The molecular weight excluding hydrogens is 240 g/mol. The fourth-order valence-electron chi connectivity index (χ4n) is 2.65. The first-order chi connectivity index (χ1) is 9.28. The minimum atomic E-state index is 0.0887. The van der Waals surface area contributed by atoms with E-state index in [-0.39, 0.29) is 5.91 Å². The highest BCUT2D eigenvalue weighted by Gasteiger charge is 2.24. The Morgan fingerprint density at radius 3 is 2.74 bits per heavy atom. The van der Waals surface area contributed by atoms with Crippen molar-refractivity contribution < 1.29 is 9.53 Å². The van der Waals surface area contributed by atoms with Crippen molar-refractivity contribution >= 4 is 16.8 Å². The topological polar surface area (TPSA) is 45.3 Å². The van der Waals surface area contributed by atoms with Crippen LogP contribution in [0.5, 0.6) is 0 Å². The molecule has 0 unspecified atom stereocenters. The molecule has 1 N–H and O–H groups in total. The molecule has 1 aromatic heterocycles. The summed E-state index contributed by atoms with van der Waals surface area (Å²) in [5.41, 5.74) is 1.69. The number of aromatic amines is 1. The largest absolute Gasteiger partial charge is 0.381 e. The number of nitrogens with zero attached hydrogens (tertiary/aromatic N) is 1. The monoisotopic (exact) mass is 258 g/mol. The zero-order valence-corrected chi connectivity index (χ0v) is 11.1. The number of likely N-dealkylation sites (tertiary alicyclic amines) is 1. The maximum absolute atomic E-state index is 12.4. The average Bonchev–Trinajstić information content (AvgIpc) is 2.90. The van der Waals surface area contributed by atoms with E-state index in [0.717, 1.165) is 36.8 Å². The van der Waals surface area contributed by atoms with Gasteiger partial charge >= 0.3 is 0 Å². The highest BCUT2D eigenvalue weighted by Crippen LogP contribution is 2.19. The van der Waals surface area contributed by atoms with Gasteiger partial charge in [0.2, 0.25) is 0 Å². The van der Waals surface area contributed by atoms with Gasteiger partial charge in [0, 0.05) is 31.1 Å². The number of nitrogens with one attached hydrogen (secondary N) is 1. The normalized spacial score (nSPS) is 17.0. The Morgan fingerprint density at radius 2 is 2.05 bits per heavy atom. The van der Waals surface area contributed by atoms with Gasteiger partial charge < -0.3 is 14.6 Å². The van der Waals surface area contributed by atoms with Crippen LogP contribution in [0.2, 0.25) is 0 Å². The second kappa shape index (κ2) is 5.05. The number of para-hydroxylation sites is 1. The van der Waals surface area contributed by atoms with Crippen molar-refractivity contribution in [2.24, 2.45) is 0 Å². The number of benzene rings is 1. The number of carbonyl (C=O) groups is 1. The number of aromatic nitrogens is 1. The lowest BCUT2D eigenvalue weighted by atomic mass is 10.1. The molecule has 1 aliphatic rings. The zero-order chi connectivity index (χ0) is 13.2. The number of carbonyl (C=O) groups excluding carboxylic acids is 1. The van der Waals surface area contributed by atoms with Crippen LogP contribution in [0.1, 0.15) is 23.3 Å². The van der Waals surface area contributed by atoms with Crippen LogP contribution in [-0.2, 0) is 4.74 Å². The van der Waals surface area contributed by atoms with Crippen molar-refractivity contribution in [3.63, 3.8) is 0 Å². The van der Waals surface area contributed by atoms with Crippen LogP contribution in [0.3, 0.4) is 0 Å². The molecule has 0 aliphatic carbocycles. The van der Waals surface area contributed by atoms with Gasteiger partial charge in [-0.3, -0.25) is 4.79 Å². The summed E-state index contributed by atoms with van der Waals surface area (Å²) in [7, 11) is 1.74. The first-order valence-corrected chi connectivity index (χ1v) is 6.68. The molecule has 0 spiro atoms. The lowest BCUT2D eigenvalue weighted by Crippen LogP contribution is -2.40. The Labute approximate surface area is 112 Å². The maximum atomic E-state index is 12.4. The Hall–Kier alpha value is -1.81. The van der Waals surface area contributed by atoms with Gasteiger partial charge in [-0.05, 0) is 25.0 Å². The number of H-pyrrole nitrogens is 1. The van der Waals surface area contributed by atoms with E-state index in [2.05, 4.69) is 4.98 Å². The SMILES string of the molecule is COC1CCN(C(=O)c2cc3ccccc3[nH]2)CC1. The van der Waals surface area contributed by atoms with E-state index in [1.165, 1.54) is 0 Å². The quantitative estimate of drug-likeness (QED) is 0.899. The summed E-state index contributed by atoms with van der Waals surface area (Å²) >= 11 is 0. The van der Waals surface area contributed by atoms with Crippen LogP contribution in [-0.4, -0.2) is 42.1 Å². The minimum absolute atomic E-state index is 0.0887. The van der Waals surface area contributed by atoms with Crippen molar-refractivity contribution in [1.82, 2.24) is 9.88 Å². The molecular formula is C15H18N2O2. The molecule has 1 aliphatic heterocycles. The third kappa shape index (κ3) is 2.36. The van der Waals surface area contributed by atoms with Gasteiger partial charge in [-0.2, -0.15) is 0 Å². The zero-order valence-electron chi connectivity index (χ0n) is 11.1. The fourth-order valence-corrected chi connectivity index (χ4v) is 2.65. The minimum Gasteiger partial charge on any atom is -0.381 e. The number of hydrogen-bond donors (Lipinski definition) is 1. The Balaban J connectivity index is 1.77. The molecule has 2 aromatic rings. The summed E-state index contributed by atoms with van der Waals surface area (Å²) in [5, 5.41) is 1.08. The smallest absolute Gasteiger partial charge is 0.270 e. The summed E-state index contributed by atoms with van der Waals surface area (Å²) in [6.07, 6.45) is 2.14. The van der Waals surface area contributed by atoms with Crippen molar-refractivity contribution in [2.75, 3.05) is 20.2 Å². The van der Waals surface area contributed by atoms with Gasteiger partial charge in [-0.1, -0.05) is 18.2 Å². The Bertz CT molecular complexity index is 550. The van der Waals surface area contributed by atoms with E-state index in [1.54, 1.807) is 7.11 Å². The van der Waals surface area contributed by atoms with Crippen molar-refractivity contribution in [3.8, 4) is 0 Å². The van der Waals surface area contributed by atoms with Crippen LogP contribution < -0.4 is 0 Å². The fraction of sp³-hybridized carbons (Fsp3) is 0.400. The van der Waals surface area contributed by atoms with Crippen molar-refractivity contribution in [2.45, 2.75) is 18.9 Å². The van der Waals surface area contributed by atoms with Crippen molar-refractivity contribution in [3.05, 3.63) is 36.0 Å². The number of rotatable bonds is 2. The predicted octanol–water partition coefficient (Wildman–Crippen LogP) is 2.42. The van der Waals surface area contributed by atoms with Gasteiger partial charge in [0.1, 0.15) is 5.69 Å². The van der Waals surface area contributed by atoms with E-state index in [4.69, 9.17) is 4.74 Å². The molecule has 1 fully saturated rings. The van der Waals surface area contributed by atoms with Crippen LogP contribution >= 0.6 is 0 Å². The molecule has 1 amide bonds. The summed E-state index contributed by atoms with van der Waals surface area (Å²) in [6.45, 7) is 1.54. The summed E-state index contributed by atoms with van der Waals surface area (Å²) in [4.78, 5) is 17.5. The molecule has 0 atom stereocenters. The molecule has 2 heterocycles. The van der Waals surface area contributed by atoms with Crippen molar-refractivity contribution in [1.29, 1.82) is 0 Å².